The second kappa shape index (κ2) is 5.94. The van der Waals surface area contributed by atoms with Crippen molar-refractivity contribution in [3.05, 3.63) is 33.8 Å². The first-order chi connectivity index (χ1) is 11.1. The Labute approximate surface area is 147 Å². The number of nitrogens with zero attached hydrogens (tertiary/aromatic N) is 1. The molecule has 1 aliphatic carbocycles. The average Bonchev–Trinajstić information content (AvgIpc) is 3.20. The Hall–Kier alpha value is -0.770. The lowest BCUT2D eigenvalue weighted by atomic mass is 9.78. The molecular formula is C18H22Cl2N2O. The van der Waals surface area contributed by atoms with Crippen LogP contribution in [0.15, 0.2) is 18.2 Å². The predicted octanol–water partition coefficient (Wildman–Crippen LogP) is 3.70. The number of benzene rings is 1. The van der Waals surface area contributed by atoms with Crippen molar-refractivity contribution in [1.82, 2.24) is 10.2 Å². The molecule has 4 rings (SSSR count). The molecule has 2 atom stereocenters. The lowest BCUT2D eigenvalue weighted by Crippen LogP contribution is -2.44. The third-order valence-corrected chi connectivity index (χ3v) is 6.50. The molecule has 2 unspecified atom stereocenters. The van der Waals surface area contributed by atoms with Crippen LogP contribution in [0.5, 0.6) is 0 Å². The normalized spacial score (nSPS) is 29.0. The van der Waals surface area contributed by atoms with Gasteiger partial charge in [-0.1, -0.05) is 29.3 Å². The van der Waals surface area contributed by atoms with Gasteiger partial charge in [-0.3, -0.25) is 4.79 Å². The Morgan fingerprint density at radius 3 is 2.65 bits per heavy atom. The lowest BCUT2D eigenvalue weighted by Gasteiger charge is -2.39. The standard InChI is InChI=1S/C18H22Cl2N2O/c19-12-1-2-13(16(20)9-12)14-10-15(14)17(23)22-7-4-18(5-8-22)3-6-21-11-18/h1-2,9,14-15,21H,3-8,10-11H2. The maximum atomic E-state index is 12.8. The van der Waals surface area contributed by atoms with Crippen LogP contribution < -0.4 is 5.32 Å². The van der Waals surface area contributed by atoms with Gasteiger partial charge in [0.2, 0.25) is 5.91 Å². The second-order valence-corrected chi connectivity index (χ2v) is 8.21. The zero-order valence-electron chi connectivity index (χ0n) is 13.2. The summed E-state index contributed by atoms with van der Waals surface area (Å²) < 4.78 is 0. The minimum Gasteiger partial charge on any atom is -0.342 e. The van der Waals surface area contributed by atoms with Crippen molar-refractivity contribution in [3.8, 4) is 0 Å². The molecule has 2 saturated heterocycles. The van der Waals surface area contributed by atoms with Crippen LogP contribution in [-0.2, 0) is 4.79 Å². The molecule has 1 aromatic rings. The van der Waals surface area contributed by atoms with Gasteiger partial charge in [-0.15, -0.1) is 0 Å². The number of hydrogen-bond acceptors (Lipinski definition) is 2. The Kier molecular flexibility index (Phi) is 4.07. The van der Waals surface area contributed by atoms with Gasteiger partial charge in [-0.2, -0.15) is 0 Å². The molecule has 3 nitrogen and oxygen atoms in total. The molecule has 1 saturated carbocycles. The van der Waals surface area contributed by atoms with Crippen LogP contribution in [-0.4, -0.2) is 37.0 Å². The van der Waals surface area contributed by atoms with Crippen LogP contribution in [0.3, 0.4) is 0 Å². The van der Waals surface area contributed by atoms with E-state index in [1.807, 2.05) is 12.1 Å². The quantitative estimate of drug-likeness (QED) is 0.879. The summed E-state index contributed by atoms with van der Waals surface area (Å²) in [5, 5.41) is 4.81. The van der Waals surface area contributed by atoms with Crippen LogP contribution >= 0.6 is 23.2 Å². The summed E-state index contributed by atoms with van der Waals surface area (Å²) >= 11 is 12.2. The summed E-state index contributed by atoms with van der Waals surface area (Å²) in [6.07, 6.45) is 4.47. The van der Waals surface area contributed by atoms with Gasteiger partial charge in [0.1, 0.15) is 0 Å². The highest BCUT2D eigenvalue weighted by Gasteiger charge is 2.48. The fraction of sp³-hybridized carbons (Fsp3) is 0.611. The molecule has 23 heavy (non-hydrogen) atoms. The van der Waals surface area contributed by atoms with E-state index in [9.17, 15) is 4.79 Å². The first-order valence-corrected chi connectivity index (χ1v) is 9.28. The molecule has 0 bridgehead atoms. The van der Waals surface area contributed by atoms with E-state index in [0.717, 1.165) is 51.0 Å². The number of rotatable bonds is 2. The van der Waals surface area contributed by atoms with Crippen molar-refractivity contribution < 1.29 is 4.79 Å². The van der Waals surface area contributed by atoms with Gasteiger partial charge < -0.3 is 10.2 Å². The molecule has 1 N–H and O–H groups in total. The van der Waals surface area contributed by atoms with E-state index in [2.05, 4.69) is 10.2 Å². The molecular weight excluding hydrogens is 331 g/mol. The SMILES string of the molecule is O=C(C1CC1c1ccc(Cl)cc1Cl)N1CCC2(CCNC2)CC1. The van der Waals surface area contributed by atoms with Crippen molar-refractivity contribution in [2.45, 2.75) is 31.6 Å². The third kappa shape index (κ3) is 2.99. The smallest absolute Gasteiger partial charge is 0.226 e. The number of carbonyl (C=O) groups is 1. The summed E-state index contributed by atoms with van der Waals surface area (Å²) in [5.41, 5.74) is 1.53. The van der Waals surface area contributed by atoms with E-state index in [4.69, 9.17) is 23.2 Å². The van der Waals surface area contributed by atoms with Crippen LogP contribution in [0.2, 0.25) is 10.0 Å². The maximum Gasteiger partial charge on any atom is 0.226 e. The van der Waals surface area contributed by atoms with E-state index < -0.39 is 0 Å². The van der Waals surface area contributed by atoms with Crippen molar-refractivity contribution in [2.75, 3.05) is 26.2 Å². The first-order valence-electron chi connectivity index (χ1n) is 8.52. The van der Waals surface area contributed by atoms with Gasteiger partial charge in [0.05, 0.1) is 0 Å². The topological polar surface area (TPSA) is 32.3 Å². The van der Waals surface area contributed by atoms with Crippen LogP contribution in [0.1, 0.15) is 37.2 Å². The van der Waals surface area contributed by atoms with Gasteiger partial charge in [0.25, 0.3) is 0 Å². The van der Waals surface area contributed by atoms with Gasteiger partial charge in [0.15, 0.2) is 0 Å². The molecule has 0 radical (unpaired) electrons. The predicted molar refractivity (Wildman–Crippen MR) is 93.0 cm³/mol. The molecule has 124 valence electrons. The first kappa shape index (κ1) is 15.7. The van der Waals surface area contributed by atoms with E-state index >= 15 is 0 Å². The van der Waals surface area contributed by atoms with Crippen LogP contribution in [0, 0.1) is 11.3 Å². The maximum absolute atomic E-state index is 12.8. The fourth-order valence-electron chi connectivity index (χ4n) is 4.27. The summed E-state index contributed by atoms with van der Waals surface area (Å²) in [6, 6.07) is 5.61. The van der Waals surface area contributed by atoms with Gasteiger partial charge in [-0.05, 0) is 61.3 Å². The highest BCUT2D eigenvalue weighted by atomic mass is 35.5. The number of amides is 1. The van der Waals surface area contributed by atoms with Gasteiger partial charge >= 0.3 is 0 Å². The Bertz CT molecular complexity index is 617. The number of halogens is 2. The van der Waals surface area contributed by atoms with E-state index in [0.29, 0.717) is 21.4 Å². The monoisotopic (exact) mass is 352 g/mol. The molecule has 1 spiro atoms. The summed E-state index contributed by atoms with van der Waals surface area (Å²) in [7, 11) is 0. The number of likely N-dealkylation sites (tertiary alicyclic amines) is 1. The molecule has 3 fully saturated rings. The van der Waals surface area contributed by atoms with E-state index in [1.165, 1.54) is 6.42 Å². The molecule has 0 aromatic heterocycles. The third-order valence-electron chi connectivity index (χ3n) is 5.94. The van der Waals surface area contributed by atoms with E-state index in [1.54, 1.807) is 6.07 Å². The van der Waals surface area contributed by atoms with Gasteiger partial charge in [0, 0.05) is 35.6 Å². The van der Waals surface area contributed by atoms with Crippen molar-refractivity contribution >= 4 is 29.1 Å². The second-order valence-electron chi connectivity index (χ2n) is 7.37. The van der Waals surface area contributed by atoms with Crippen LogP contribution in [0.25, 0.3) is 0 Å². The molecule has 1 amide bonds. The largest absolute Gasteiger partial charge is 0.342 e. The molecule has 2 heterocycles. The Morgan fingerprint density at radius 2 is 2.00 bits per heavy atom. The van der Waals surface area contributed by atoms with Crippen molar-refractivity contribution in [3.63, 3.8) is 0 Å². The Morgan fingerprint density at radius 1 is 1.22 bits per heavy atom. The van der Waals surface area contributed by atoms with Crippen molar-refractivity contribution in [2.24, 2.45) is 11.3 Å². The van der Waals surface area contributed by atoms with Crippen LogP contribution in [0.4, 0.5) is 0 Å². The number of nitrogens with one attached hydrogen (secondary N) is 1. The fourth-order valence-corrected chi connectivity index (χ4v) is 4.82. The average molecular weight is 353 g/mol. The van der Waals surface area contributed by atoms with Gasteiger partial charge in [-0.25, -0.2) is 0 Å². The van der Waals surface area contributed by atoms with E-state index in [-0.39, 0.29) is 11.8 Å². The number of hydrogen-bond donors (Lipinski definition) is 1. The summed E-state index contributed by atoms with van der Waals surface area (Å²) in [5.74, 6) is 0.711. The number of carbonyl (C=O) groups excluding carboxylic acids is 1. The Balaban J connectivity index is 1.38. The summed E-state index contributed by atoms with van der Waals surface area (Å²) in [6.45, 7) is 4.09. The minimum atomic E-state index is 0.115. The lowest BCUT2D eigenvalue weighted by molar-refractivity contribution is -0.134. The molecule has 2 aliphatic heterocycles. The summed E-state index contributed by atoms with van der Waals surface area (Å²) in [4.78, 5) is 14.8. The highest BCUT2D eigenvalue weighted by molar-refractivity contribution is 6.35. The molecule has 1 aromatic carbocycles. The van der Waals surface area contributed by atoms with Crippen molar-refractivity contribution in [1.29, 1.82) is 0 Å². The molecule has 3 aliphatic rings. The number of piperidine rings is 1. The molecule has 5 heteroatoms. The highest BCUT2D eigenvalue weighted by Crippen LogP contribution is 2.51. The zero-order valence-corrected chi connectivity index (χ0v) is 14.7. The zero-order chi connectivity index (χ0) is 16.0. The minimum absolute atomic E-state index is 0.115.